The molecule has 0 radical (unpaired) electrons. The Balaban J connectivity index is 0.00000144. The average molecular weight is 329 g/mol. The quantitative estimate of drug-likeness (QED) is 0.359. The van der Waals surface area contributed by atoms with Crippen molar-refractivity contribution in [2.24, 2.45) is 7.05 Å². The fourth-order valence-corrected chi connectivity index (χ4v) is 1.86. The lowest BCUT2D eigenvalue weighted by Gasteiger charge is -1.98. The van der Waals surface area contributed by atoms with Crippen LogP contribution in [0.25, 0.3) is 0 Å². The van der Waals surface area contributed by atoms with Crippen molar-refractivity contribution in [1.29, 1.82) is 0 Å². The van der Waals surface area contributed by atoms with Crippen molar-refractivity contribution in [1.82, 2.24) is 10.1 Å². The van der Waals surface area contributed by atoms with Crippen molar-refractivity contribution in [2.75, 3.05) is 12.5 Å². The first-order valence-corrected chi connectivity index (χ1v) is 5.97. The first-order chi connectivity index (χ1) is 5.69. The predicted molar refractivity (Wildman–Crippen MR) is 51.5 cm³/mol. The number of aromatic nitrogens is 3. The molecule has 1 aromatic rings. The van der Waals surface area contributed by atoms with E-state index in [1.54, 1.807) is 23.5 Å². The van der Waals surface area contributed by atoms with Gasteiger partial charge in [-0.3, -0.25) is 0 Å². The minimum atomic E-state index is 0. The Morgan fingerprint density at radius 2 is 1.85 bits per heavy atom. The molecule has 0 atom stereocenters. The average Bonchev–Trinajstić information content (AvgIpc) is 2.09. The van der Waals surface area contributed by atoms with Crippen molar-refractivity contribution in [3.63, 3.8) is 0 Å². The van der Waals surface area contributed by atoms with Gasteiger partial charge in [-0.25, -0.2) is 4.98 Å². The number of rotatable bonds is 2. The van der Waals surface area contributed by atoms with Crippen LogP contribution in [0.5, 0.6) is 0 Å². The Hall–Kier alpha value is 0.440. The third kappa shape index (κ3) is 3.25. The molecule has 0 aliphatic carbocycles. The normalized spacial score (nSPS) is 9.54. The highest BCUT2D eigenvalue weighted by Gasteiger charge is 2.13. The largest absolute Gasteiger partial charge is 1.00 e. The maximum Gasteiger partial charge on any atom is 0.255 e. The van der Waals surface area contributed by atoms with Gasteiger partial charge in [-0.05, 0) is 12.5 Å². The summed E-state index contributed by atoms with van der Waals surface area (Å²) >= 11 is 3.22. The fourth-order valence-electron chi connectivity index (χ4n) is 0.812. The molecule has 0 saturated carbocycles. The van der Waals surface area contributed by atoms with E-state index in [1.807, 2.05) is 31.2 Å². The molecule has 0 aliphatic heterocycles. The maximum absolute atomic E-state index is 4.36. The van der Waals surface area contributed by atoms with E-state index >= 15 is 0 Å². The number of aryl methyl sites for hydroxylation is 1. The SMILES string of the molecule is CSc1nc(SC)c(C)[n+](C)n1.[I-]. The fraction of sp³-hybridized carbons (Fsp3) is 0.571. The lowest BCUT2D eigenvalue weighted by molar-refractivity contribution is -0.742. The number of hydrogen-bond donors (Lipinski definition) is 0. The van der Waals surface area contributed by atoms with Gasteiger partial charge in [-0.2, -0.15) is 0 Å². The summed E-state index contributed by atoms with van der Waals surface area (Å²) in [6, 6.07) is 0. The van der Waals surface area contributed by atoms with Crippen molar-refractivity contribution < 1.29 is 28.7 Å². The molecule has 1 heterocycles. The smallest absolute Gasteiger partial charge is 0.255 e. The summed E-state index contributed by atoms with van der Waals surface area (Å²) in [7, 11) is 1.94. The Morgan fingerprint density at radius 3 is 2.31 bits per heavy atom. The van der Waals surface area contributed by atoms with Crippen molar-refractivity contribution in [3.8, 4) is 0 Å². The zero-order valence-corrected chi connectivity index (χ0v) is 11.8. The highest BCUT2D eigenvalue weighted by atomic mass is 127. The summed E-state index contributed by atoms with van der Waals surface area (Å²) in [4.78, 5) is 4.36. The predicted octanol–water partition coefficient (Wildman–Crippen LogP) is -1.94. The van der Waals surface area contributed by atoms with E-state index in [4.69, 9.17) is 0 Å². The van der Waals surface area contributed by atoms with Crippen molar-refractivity contribution in [3.05, 3.63) is 5.69 Å². The molecule has 0 N–H and O–H groups in total. The molecule has 0 fully saturated rings. The van der Waals surface area contributed by atoms with E-state index in [-0.39, 0.29) is 24.0 Å². The third-order valence-electron chi connectivity index (χ3n) is 1.60. The van der Waals surface area contributed by atoms with Gasteiger partial charge in [0, 0.05) is 12.0 Å². The topological polar surface area (TPSA) is 29.7 Å². The summed E-state index contributed by atoms with van der Waals surface area (Å²) < 4.78 is 1.87. The molecule has 13 heavy (non-hydrogen) atoms. The summed E-state index contributed by atoms with van der Waals surface area (Å²) in [6.07, 6.45) is 4.01. The molecule has 6 heteroatoms. The van der Waals surface area contributed by atoms with E-state index in [1.165, 1.54) is 0 Å². The number of thioether (sulfide) groups is 2. The summed E-state index contributed by atoms with van der Waals surface area (Å²) in [5, 5.41) is 6.13. The molecule has 74 valence electrons. The molecule has 0 aromatic carbocycles. The molecule has 3 nitrogen and oxygen atoms in total. The molecule has 0 saturated heterocycles. The van der Waals surface area contributed by atoms with Crippen LogP contribution in [-0.4, -0.2) is 22.6 Å². The molecule has 0 amide bonds. The van der Waals surface area contributed by atoms with Crippen LogP contribution >= 0.6 is 23.5 Å². The van der Waals surface area contributed by atoms with Crippen LogP contribution in [0.4, 0.5) is 0 Å². The minimum Gasteiger partial charge on any atom is -1.00 e. The van der Waals surface area contributed by atoms with Gasteiger partial charge >= 0.3 is 0 Å². The molecule has 0 spiro atoms. The molecule has 1 aromatic heterocycles. The Morgan fingerprint density at radius 1 is 1.23 bits per heavy atom. The molecule has 1 rings (SSSR count). The van der Waals surface area contributed by atoms with Gasteiger partial charge < -0.3 is 24.0 Å². The van der Waals surface area contributed by atoms with Crippen LogP contribution in [0.15, 0.2) is 10.2 Å². The van der Waals surface area contributed by atoms with Gasteiger partial charge in [0.15, 0.2) is 12.1 Å². The van der Waals surface area contributed by atoms with Crippen LogP contribution in [-0.2, 0) is 7.05 Å². The Kier molecular flexibility index (Phi) is 6.23. The van der Waals surface area contributed by atoms with Crippen LogP contribution in [0.1, 0.15) is 5.69 Å². The molecule has 0 bridgehead atoms. The summed E-state index contributed by atoms with van der Waals surface area (Å²) in [6.45, 7) is 2.02. The standard InChI is InChI=1S/C7H12N3S2.HI/c1-5-6(11-3)8-7(12-4)9-10(5)2;/h1-4H3;1H/q+1;/p-1. The van der Waals surface area contributed by atoms with Gasteiger partial charge in [0.2, 0.25) is 5.69 Å². The maximum atomic E-state index is 4.36. The van der Waals surface area contributed by atoms with Gasteiger partial charge in [0.1, 0.15) is 0 Å². The Bertz CT molecular complexity index is 293. The van der Waals surface area contributed by atoms with E-state index in [0.29, 0.717) is 0 Å². The number of halogens is 1. The van der Waals surface area contributed by atoms with E-state index in [2.05, 4.69) is 10.1 Å². The van der Waals surface area contributed by atoms with Crippen molar-refractivity contribution >= 4 is 23.5 Å². The van der Waals surface area contributed by atoms with Gasteiger partial charge in [-0.1, -0.05) is 16.4 Å². The van der Waals surface area contributed by atoms with Crippen LogP contribution < -0.4 is 28.7 Å². The summed E-state index contributed by atoms with van der Waals surface area (Å²) in [5.74, 6) is 0. The zero-order chi connectivity index (χ0) is 9.14. The van der Waals surface area contributed by atoms with E-state index < -0.39 is 0 Å². The number of hydrogen-bond acceptors (Lipinski definition) is 4. The van der Waals surface area contributed by atoms with E-state index in [0.717, 1.165) is 15.9 Å². The van der Waals surface area contributed by atoms with Gasteiger partial charge in [-0.15, -0.1) is 11.8 Å². The highest BCUT2D eigenvalue weighted by Crippen LogP contribution is 2.15. The zero-order valence-electron chi connectivity index (χ0n) is 8.04. The van der Waals surface area contributed by atoms with Gasteiger partial charge in [0.25, 0.3) is 5.16 Å². The minimum absolute atomic E-state index is 0. The van der Waals surface area contributed by atoms with Crippen LogP contribution in [0.3, 0.4) is 0 Å². The molecular weight excluding hydrogens is 317 g/mol. The second-order valence-electron chi connectivity index (χ2n) is 2.32. The molecule has 0 unspecified atom stereocenters. The lowest BCUT2D eigenvalue weighted by atomic mass is 10.5. The lowest BCUT2D eigenvalue weighted by Crippen LogP contribution is -3.00. The second-order valence-corrected chi connectivity index (χ2v) is 3.89. The highest BCUT2D eigenvalue weighted by molar-refractivity contribution is 7.99. The first-order valence-electron chi connectivity index (χ1n) is 3.52. The van der Waals surface area contributed by atoms with Crippen LogP contribution in [0, 0.1) is 6.92 Å². The monoisotopic (exact) mass is 329 g/mol. The van der Waals surface area contributed by atoms with E-state index in [9.17, 15) is 0 Å². The van der Waals surface area contributed by atoms with Crippen LogP contribution in [0.2, 0.25) is 0 Å². The number of nitrogens with zero attached hydrogens (tertiary/aromatic N) is 3. The third-order valence-corrected chi connectivity index (χ3v) is 2.92. The van der Waals surface area contributed by atoms with Crippen molar-refractivity contribution in [2.45, 2.75) is 17.1 Å². The molecular formula is C7H12IN3S2. The first kappa shape index (κ1) is 13.4. The molecule has 0 aliphatic rings. The summed E-state index contributed by atoms with van der Waals surface area (Å²) in [5.41, 5.74) is 1.11. The van der Waals surface area contributed by atoms with Gasteiger partial charge in [0.05, 0.1) is 0 Å². The second kappa shape index (κ2) is 6.02. The Labute approximate surface area is 104 Å².